The van der Waals surface area contributed by atoms with E-state index in [-0.39, 0.29) is 18.4 Å². The maximum atomic E-state index is 12.7. The van der Waals surface area contributed by atoms with Gasteiger partial charge in [0.2, 0.25) is 0 Å². The van der Waals surface area contributed by atoms with Crippen molar-refractivity contribution in [1.29, 1.82) is 0 Å². The predicted octanol–water partition coefficient (Wildman–Crippen LogP) is 3.40. The van der Waals surface area contributed by atoms with Gasteiger partial charge in [0, 0.05) is 10.6 Å². The molecular formula is C19H21ClO4. The van der Waals surface area contributed by atoms with E-state index in [1.807, 2.05) is 0 Å². The molecule has 1 aromatic carbocycles. The van der Waals surface area contributed by atoms with Crippen LogP contribution in [0.5, 0.6) is 0 Å². The summed E-state index contributed by atoms with van der Waals surface area (Å²) in [5.74, 6) is 0.285. The van der Waals surface area contributed by atoms with Crippen LogP contribution in [0.2, 0.25) is 5.02 Å². The maximum absolute atomic E-state index is 12.7. The van der Waals surface area contributed by atoms with Gasteiger partial charge < -0.3 is 9.84 Å². The number of aliphatic hydroxyl groups is 1. The topological polar surface area (TPSA) is 63.6 Å². The molecule has 5 rings (SSSR count). The number of halogens is 1. The summed E-state index contributed by atoms with van der Waals surface area (Å²) < 4.78 is 5.39. The Morgan fingerprint density at radius 2 is 1.75 bits per heavy atom. The smallest absolute Gasteiger partial charge is 0.312 e. The molecule has 4 aliphatic rings. The molecule has 0 saturated heterocycles. The molecule has 2 atom stereocenters. The van der Waals surface area contributed by atoms with E-state index in [4.69, 9.17) is 16.3 Å². The number of hydrogen-bond acceptors (Lipinski definition) is 4. The van der Waals surface area contributed by atoms with Crippen LogP contribution in [0.1, 0.15) is 48.9 Å². The van der Waals surface area contributed by atoms with Crippen molar-refractivity contribution in [1.82, 2.24) is 0 Å². The van der Waals surface area contributed by atoms with E-state index in [0.29, 0.717) is 28.8 Å². The minimum absolute atomic E-state index is 0.233. The van der Waals surface area contributed by atoms with Gasteiger partial charge in [-0.15, -0.1) is 0 Å². The molecule has 4 fully saturated rings. The molecule has 0 aliphatic heterocycles. The van der Waals surface area contributed by atoms with E-state index in [0.717, 1.165) is 32.1 Å². The highest BCUT2D eigenvalue weighted by Gasteiger charge is 2.60. The second-order valence-corrected chi connectivity index (χ2v) is 8.41. The summed E-state index contributed by atoms with van der Waals surface area (Å²) in [4.78, 5) is 24.9. The van der Waals surface area contributed by atoms with Gasteiger partial charge in [-0.05, 0) is 74.6 Å². The highest BCUT2D eigenvalue weighted by Crippen LogP contribution is 2.61. The Morgan fingerprint density at radius 3 is 2.33 bits per heavy atom. The number of carbonyl (C=O) groups excluding carboxylic acids is 2. The quantitative estimate of drug-likeness (QED) is 0.669. The molecule has 0 spiro atoms. The monoisotopic (exact) mass is 348 g/mol. The lowest BCUT2D eigenvalue weighted by Crippen LogP contribution is -2.58. The fraction of sp³-hybridized carbons (Fsp3) is 0.579. The number of Topliss-reactive ketones (excluding diaryl/α,β-unsaturated/α-hetero) is 1. The molecule has 0 heterocycles. The van der Waals surface area contributed by atoms with Gasteiger partial charge in [-0.25, -0.2) is 0 Å². The highest BCUT2D eigenvalue weighted by molar-refractivity contribution is 6.30. The zero-order valence-electron chi connectivity index (χ0n) is 13.5. The molecule has 4 aliphatic carbocycles. The van der Waals surface area contributed by atoms with Crippen LogP contribution >= 0.6 is 11.6 Å². The van der Waals surface area contributed by atoms with Gasteiger partial charge in [0.25, 0.3) is 0 Å². The molecule has 0 amide bonds. The molecule has 4 nitrogen and oxygen atoms in total. The average molecular weight is 349 g/mol. The van der Waals surface area contributed by atoms with Crippen molar-refractivity contribution in [2.75, 3.05) is 6.61 Å². The first kappa shape index (κ1) is 16.1. The van der Waals surface area contributed by atoms with Crippen LogP contribution in [-0.2, 0) is 9.53 Å². The molecule has 4 saturated carbocycles. The second-order valence-electron chi connectivity index (χ2n) is 7.97. The molecule has 1 N–H and O–H groups in total. The van der Waals surface area contributed by atoms with E-state index in [2.05, 4.69) is 0 Å². The lowest BCUT2D eigenvalue weighted by Gasteiger charge is -2.58. The maximum Gasteiger partial charge on any atom is 0.312 e. The SMILES string of the molecule is O=C(COC(=O)C12CC3CC(CC(O)(C3)C1)C2)c1ccc(Cl)cc1. The normalized spacial score (nSPS) is 36.6. The zero-order valence-corrected chi connectivity index (χ0v) is 14.2. The molecule has 24 heavy (non-hydrogen) atoms. The van der Waals surface area contributed by atoms with Crippen LogP contribution in [0.4, 0.5) is 0 Å². The summed E-state index contributed by atoms with van der Waals surface area (Å²) in [6, 6.07) is 6.55. The molecule has 0 aromatic heterocycles. The number of ether oxygens (including phenoxy) is 1. The third-order valence-electron chi connectivity index (χ3n) is 5.96. The molecule has 4 bridgehead atoms. The lowest BCUT2D eigenvalue weighted by molar-refractivity contribution is -0.195. The molecule has 128 valence electrons. The Hall–Kier alpha value is -1.39. The lowest BCUT2D eigenvalue weighted by atomic mass is 9.48. The molecule has 5 heteroatoms. The van der Waals surface area contributed by atoms with Crippen LogP contribution in [0.3, 0.4) is 0 Å². The van der Waals surface area contributed by atoms with Gasteiger partial charge in [-0.1, -0.05) is 11.6 Å². The Kier molecular flexibility index (Phi) is 3.73. The first-order valence-corrected chi connectivity index (χ1v) is 8.94. The minimum atomic E-state index is -0.705. The fourth-order valence-corrected chi connectivity index (χ4v) is 5.58. The number of benzene rings is 1. The summed E-state index contributed by atoms with van der Waals surface area (Å²) in [7, 11) is 0. The van der Waals surface area contributed by atoms with E-state index >= 15 is 0 Å². The van der Waals surface area contributed by atoms with Gasteiger partial charge in [0.1, 0.15) is 0 Å². The zero-order chi connectivity index (χ0) is 16.9. The van der Waals surface area contributed by atoms with Crippen LogP contribution in [0, 0.1) is 17.3 Å². The third kappa shape index (κ3) is 2.76. The second kappa shape index (κ2) is 5.57. The van der Waals surface area contributed by atoms with Gasteiger partial charge >= 0.3 is 5.97 Å². The number of hydrogen-bond donors (Lipinski definition) is 1. The Labute approximate surface area is 146 Å². The summed E-state index contributed by atoms with van der Waals surface area (Å²) in [5, 5.41) is 11.3. The summed E-state index contributed by atoms with van der Waals surface area (Å²) >= 11 is 5.81. The van der Waals surface area contributed by atoms with Crippen molar-refractivity contribution in [3.63, 3.8) is 0 Å². The van der Waals surface area contributed by atoms with Crippen LogP contribution in [0.25, 0.3) is 0 Å². The van der Waals surface area contributed by atoms with Gasteiger partial charge in [0.05, 0.1) is 11.0 Å². The fourth-order valence-electron chi connectivity index (χ4n) is 5.46. The largest absolute Gasteiger partial charge is 0.457 e. The van der Waals surface area contributed by atoms with E-state index in [1.54, 1.807) is 24.3 Å². The van der Waals surface area contributed by atoms with Crippen LogP contribution in [-0.4, -0.2) is 29.1 Å². The van der Waals surface area contributed by atoms with Crippen molar-refractivity contribution < 1.29 is 19.4 Å². The van der Waals surface area contributed by atoms with Crippen molar-refractivity contribution in [3.05, 3.63) is 34.9 Å². The molecule has 2 unspecified atom stereocenters. The summed E-state index contributed by atoms with van der Waals surface area (Å²) in [6.07, 6.45) is 4.80. The Balaban J connectivity index is 1.43. The number of esters is 1. The summed E-state index contributed by atoms with van der Waals surface area (Å²) in [6.45, 7) is -0.254. The van der Waals surface area contributed by atoms with Crippen molar-refractivity contribution in [3.8, 4) is 0 Å². The molecule has 0 radical (unpaired) electrons. The van der Waals surface area contributed by atoms with Gasteiger partial charge in [-0.3, -0.25) is 9.59 Å². The Morgan fingerprint density at radius 1 is 1.12 bits per heavy atom. The van der Waals surface area contributed by atoms with Gasteiger partial charge in [-0.2, -0.15) is 0 Å². The standard InChI is InChI=1S/C19H21ClO4/c20-15-3-1-14(2-4-15)16(21)10-24-17(22)18-6-12-5-13(7-18)9-19(23,8-12)11-18/h1-4,12-13,23H,5-11H2. The number of rotatable bonds is 4. The average Bonchev–Trinajstić information content (AvgIpc) is 2.50. The van der Waals surface area contributed by atoms with Crippen molar-refractivity contribution in [2.24, 2.45) is 17.3 Å². The first-order valence-electron chi connectivity index (χ1n) is 8.56. The summed E-state index contributed by atoms with van der Waals surface area (Å²) in [5.41, 5.74) is -0.807. The number of carbonyl (C=O) groups is 2. The van der Waals surface area contributed by atoms with E-state index in [1.165, 1.54) is 0 Å². The predicted molar refractivity (Wildman–Crippen MR) is 88.8 cm³/mol. The van der Waals surface area contributed by atoms with E-state index < -0.39 is 11.0 Å². The minimum Gasteiger partial charge on any atom is -0.457 e. The van der Waals surface area contributed by atoms with Crippen LogP contribution < -0.4 is 0 Å². The molecular weight excluding hydrogens is 328 g/mol. The molecule has 1 aromatic rings. The Bertz CT molecular complexity index is 667. The van der Waals surface area contributed by atoms with Crippen molar-refractivity contribution in [2.45, 2.75) is 44.1 Å². The van der Waals surface area contributed by atoms with Crippen molar-refractivity contribution >= 4 is 23.4 Å². The van der Waals surface area contributed by atoms with E-state index in [9.17, 15) is 14.7 Å². The third-order valence-corrected chi connectivity index (χ3v) is 6.22. The highest BCUT2D eigenvalue weighted by atomic mass is 35.5. The number of ketones is 1. The van der Waals surface area contributed by atoms with Crippen LogP contribution in [0.15, 0.2) is 24.3 Å². The first-order chi connectivity index (χ1) is 11.4. The van der Waals surface area contributed by atoms with Gasteiger partial charge in [0.15, 0.2) is 12.4 Å².